The van der Waals surface area contributed by atoms with E-state index in [-0.39, 0.29) is 17.7 Å². The van der Waals surface area contributed by atoms with E-state index in [1.807, 2.05) is 20.8 Å². The zero-order valence-electron chi connectivity index (χ0n) is 10.2. The highest BCUT2D eigenvalue weighted by Gasteiger charge is 2.22. The third-order valence-corrected chi connectivity index (χ3v) is 2.33. The summed E-state index contributed by atoms with van der Waals surface area (Å²) in [4.78, 5) is 13.7. The largest absolute Gasteiger partial charge is 0.445 e. The van der Waals surface area contributed by atoms with Crippen LogP contribution >= 0.6 is 0 Å². The Morgan fingerprint density at radius 2 is 2.13 bits per heavy atom. The zero-order chi connectivity index (χ0) is 11.5. The summed E-state index contributed by atoms with van der Waals surface area (Å²) in [7, 11) is 2.05. The number of alkyl carbamates (subject to hydrolysis) is 1. The number of likely N-dealkylation sites (N-methyl/N-ethyl adjacent to an activating group) is 1. The third-order valence-electron chi connectivity index (χ3n) is 2.33. The molecule has 1 atom stereocenters. The van der Waals surface area contributed by atoms with Gasteiger partial charge in [0.15, 0.2) is 0 Å². The van der Waals surface area contributed by atoms with Gasteiger partial charge in [-0.25, -0.2) is 4.79 Å². The van der Waals surface area contributed by atoms with Gasteiger partial charge >= 0.3 is 6.09 Å². The Kier molecular flexibility index (Phi) is 3.97. The lowest BCUT2D eigenvalue weighted by Crippen LogP contribution is -2.45. The zero-order valence-corrected chi connectivity index (χ0v) is 10.2. The Balaban J connectivity index is 2.31. The maximum atomic E-state index is 11.5. The van der Waals surface area contributed by atoms with E-state index < -0.39 is 0 Å². The van der Waals surface area contributed by atoms with Gasteiger partial charge < -0.3 is 15.0 Å². The number of nitrogens with one attached hydrogen (secondary N) is 1. The maximum Gasteiger partial charge on any atom is 0.407 e. The van der Waals surface area contributed by atoms with Gasteiger partial charge in [0, 0.05) is 12.1 Å². The molecule has 1 saturated heterocycles. The molecule has 1 fully saturated rings. The molecule has 1 aliphatic heterocycles. The second kappa shape index (κ2) is 4.84. The fourth-order valence-electron chi connectivity index (χ4n) is 1.70. The van der Waals surface area contributed by atoms with Crippen molar-refractivity contribution >= 4 is 6.09 Å². The molecule has 0 unspecified atom stereocenters. The van der Waals surface area contributed by atoms with E-state index in [0.717, 1.165) is 25.9 Å². The predicted octanol–water partition coefficient (Wildman–Crippen LogP) is 1.61. The van der Waals surface area contributed by atoms with Gasteiger partial charge in [0.1, 0.15) is 6.10 Å². The summed E-state index contributed by atoms with van der Waals surface area (Å²) >= 11 is 0. The lowest BCUT2D eigenvalue weighted by Gasteiger charge is -2.30. The number of hydrogen-bond acceptors (Lipinski definition) is 3. The van der Waals surface area contributed by atoms with E-state index in [1.165, 1.54) is 0 Å². The number of hydrogen-bond donors (Lipinski definition) is 1. The first-order chi connectivity index (χ1) is 6.87. The second-order valence-electron chi connectivity index (χ2n) is 5.31. The van der Waals surface area contributed by atoms with E-state index in [0.29, 0.717) is 0 Å². The molecule has 0 aromatic carbocycles. The lowest BCUT2D eigenvalue weighted by atomic mass is 10.1. The fourth-order valence-corrected chi connectivity index (χ4v) is 1.70. The van der Waals surface area contributed by atoms with Gasteiger partial charge in [-0.3, -0.25) is 0 Å². The van der Waals surface area contributed by atoms with Crippen LogP contribution in [0.3, 0.4) is 0 Å². The van der Waals surface area contributed by atoms with E-state index in [4.69, 9.17) is 4.74 Å². The van der Waals surface area contributed by atoms with E-state index in [1.54, 1.807) is 0 Å². The average Bonchev–Trinajstić information content (AvgIpc) is 1.99. The van der Waals surface area contributed by atoms with Crippen molar-refractivity contribution in [3.8, 4) is 0 Å². The second-order valence-corrected chi connectivity index (χ2v) is 5.31. The molecule has 0 saturated carbocycles. The number of ether oxygens (including phenoxy) is 1. The van der Waals surface area contributed by atoms with Gasteiger partial charge in [0.05, 0.1) is 0 Å². The van der Waals surface area contributed by atoms with Crippen LogP contribution in [0.1, 0.15) is 33.6 Å². The highest BCUT2D eigenvalue weighted by Crippen LogP contribution is 2.12. The van der Waals surface area contributed by atoms with Crippen molar-refractivity contribution in [2.75, 3.05) is 20.1 Å². The Hall–Kier alpha value is -0.770. The van der Waals surface area contributed by atoms with Gasteiger partial charge in [0.25, 0.3) is 0 Å². The van der Waals surface area contributed by atoms with Gasteiger partial charge in [-0.1, -0.05) is 0 Å². The number of carbonyl (C=O) groups excluding carboxylic acids is 1. The maximum absolute atomic E-state index is 11.5. The molecular weight excluding hydrogens is 192 g/mol. The first-order valence-electron chi connectivity index (χ1n) is 5.54. The summed E-state index contributed by atoms with van der Waals surface area (Å²) in [5.74, 6) is 0. The number of amides is 1. The van der Waals surface area contributed by atoms with Crippen LogP contribution in [0, 0.1) is 0 Å². The van der Waals surface area contributed by atoms with Crippen molar-refractivity contribution in [3.63, 3.8) is 0 Å². The van der Waals surface area contributed by atoms with Gasteiger partial charge in [-0.2, -0.15) is 0 Å². The van der Waals surface area contributed by atoms with Crippen LogP contribution in [0.5, 0.6) is 0 Å². The molecule has 88 valence electrons. The number of nitrogens with zero attached hydrogens (tertiary/aromatic N) is 1. The van der Waals surface area contributed by atoms with E-state index in [2.05, 4.69) is 17.3 Å². The van der Waals surface area contributed by atoms with Crippen LogP contribution in [0.2, 0.25) is 0 Å². The number of rotatable bonds is 1. The van der Waals surface area contributed by atoms with Crippen LogP contribution < -0.4 is 5.32 Å². The molecule has 1 aliphatic rings. The molecule has 1 amide bonds. The van der Waals surface area contributed by atoms with E-state index in [9.17, 15) is 4.79 Å². The first-order valence-corrected chi connectivity index (χ1v) is 5.54. The quantitative estimate of drug-likeness (QED) is 0.721. The van der Waals surface area contributed by atoms with Crippen LogP contribution in [-0.4, -0.2) is 42.8 Å². The molecule has 0 aliphatic carbocycles. The molecule has 1 rings (SSSR count). The monoisotopic (exact) mass is 214 g/mol. The van der Waals surface area contributed by atoms with Gasteiger partial charge in [0.2, 0.25) is 0 Å². The topological polar surface area (TPSA) is 41.6 Å². The van der Waals surface area contributed by atoms with Crippen molar-refractivity contribution in [2.45, 2.75) is 45.3 Å². The number of carbonyl (C=O) groups is 1. The summed E-state index contributed by atoms with van der Waals surface area (Å²) in [5, 5.41) is 2.80. The summed E-state index contributed by atoms with van der Waals surface area (Å²) in [6, 6.07) is 0. The summed E-state index contributed by atoms with van der Waals surface area (Å²) in [6.45, 7) is 7.78. The molecule has 4 nitrogen and oxygen atoms in total. The Morgan fingerprint density at radius 3 is 2.67 bits per heavy atom. The normalized spacial score (nSPS) is 23.6. The molecule has 15 heavy (non-hydrogen) atoms. The van der Waals surface area contributed by atoms with Crippen molar-refractivity contribution in [1.29, 1.82) is 0 Å². The van der Waals surface area contributed by atoms with Crippen molar-refractivity contribution in [1.82, 2.24) is 10.2 Å². The Morgan fingerprint density at radius 1 is 1.47 bits per heavy atom. The van der Waals surface area contributed by atoms with Crippen molar-refractivity contribution < 1.29 is 9.53 Å². The molecule has 0 bridgehead atoms. The minimum absolute atomic E-state index is 0.0473. The SMILES string of the molecule is CN1CCC[C@@H](OC(=O)NC(C)(C)C)C1. The number of likely N-dealkylation sites (tertiary alicyclic amines) is 1. The first kappa shape index (κ1) is 12.3. The summed E-state index contributed by atoms with van der Waals surface area (Å²) in [5.41, 5.74) is -0.225. The van der Waals surface area contributed by atoms with Crippen LogP contribution in [0.15, 0.2) is 0 Å². The predicted molar refractivity (Wildman–Crippen MR) is 59.9 cm³/mol. The number of piperidine rings is 1. The molecule has 0 radical (unpaired) electrons. The lowest BCUT2D eigenvalue weighted by molar-refractivity contribution is 0.0471. The van der Waals surface area contributed by atoms with Crippen molar-refractivity contribution in [3.05, 3.63) is 0 Å². The molecule has 1 heterocycles. The fraction of sp³-hybridized carbons (Fsp3) is 0.909. The molecule has 1 N–H and O–H groups in total. The van der Waals surface area contributed by atoms with Crippen LogP contribution in [0.25, 0.3) is 0 Å². The molecule has 4 heteroatoms. The smallest absolute Gasteiger partial charge is 0.407 e. The minimum atomic E-state index is -0.303. The standard InChI is InChI=1S/C11H22N2O2/c1-11(2,3)12-10(14)15-9-6-5-7-13(4)8-9/h9H,5-8H2,1-4H3,(H,12,14)/t9-/m1/s1. The summed E-state index contributed by atoms with van der Waals surface area (Å²) < 4.78 is 5.35. The van der Waals surface area contributed by atoms with Crippen molar-refractivity contribution in [2.24, 2.45) is 0 Å². The Bertz CT molecular complexity index is 223. The highest BCUT2D eigenvalue weighted by molar-refractivity contribution is 5.68. The molecule has 0 spiro atoms. The molecule has 0 aromatic heterocycles. The molecule has 0 aromatic rings. The summed E-state index contributed by atoms with van der Waals surface area (Å²) in [6.07, 6.45) is 1.82. The Labute approximate surface area is 92.0 Å². The minimum Gasteiger partial charge on any atom is -0.445 e. The van der Waals surface area contributed by atoms with Gasteiger partial charge in [-0.15, -0.1) is 0 Å². The van der Waals surface area contributed by atoms with E-state index >= 15 is 0 Å². The molecular formula is C11H22N2O2. The van der Waals surface area contributed by atoms with Crippen LogP contribution in [0.4, 0.5) is 4.79 Å². The third kappa shape index (κ3) is 5.02. The average molecular weight is 214 g/mol. The van der Waals surface area contributed by atoms with Crippen LogP contribution in [-0.2, 0) is 4.74 Å². The highest BCUT2D eigenvalue weighted by atomic mass is 16.6. The van der Waals surface area contributed by atoms with Gasteiger partial charge in [-0.05, 0) is 47.2 Å².